The number of nitrogens with zero attached hydrogens (tertiary/aromatic N) is 4. The Morgan fingerprint density at radius 2 is 1.97 bits per heavy atom. The van der Waals surface area contributed by atoms with E-state index in [1.807, 2.05) is 30.3 Å². The summed E-state index contributed by atoms with van der Waals surface area (Å²) in [6.07, 6.45) is 5.14. The van der Waals surface area contributed by atoms with Crippen molar-refractivity contribution >= 4 is 33.4 Å². The third kappa shape index (κ3) is 3.02. The molecule has 6 aromatic rings. The first kappa shape index (κ1) is 18.6. The minimum atomic E-state index is -0.234. The molecule has 5 heterocycles. The molecule has 0 aliphatic heterocycles. The lowest BCUT2D eigenvalue weighted by Crippen LogP contribution is -1.86. The number of H-pyrrole nitrogens is 2. The molecule has 0 saturated heterocycles. The van der Waals surface area contributed by atoms with Gasteiger partial charge in [0.2, 0.25) is 0 Å². The molecule has 6 rings (SSSR count). The minimum absolute atomic E-state index is 0.234. The first-order chi connectivity index (χ1) is 15.7. The number of rotatable bonds is 4. The van der Waals surface area contributed by atoms with Crippen molar-refractivity contribution in [1.29, 1.82) is 0 Å². The molecule has 0 saturated carbocycles. The summed E-state index contributed by atoms with van der Waals surface area (Å²) in [5.41, 5.74) is 5.63. The Hall–Kier alpha value is -4.11. The van der Waals surface area contributed by atoms with Crippen LogP contribution in [0.5, 0.6) is 5.75 Å². The summed E-state index contributed by atoms with van der Waals surface area (Å²) >= 11 is 1.09. The van der Waals surface area contributed by atoms with Crippen LogP contribution in [0.3, 0.4) is 0 Å². The van der Waals surface area contributed by atoms with Crippen LogP contribution in [0.2, 0.25) is 0 Å². The number of benzene rings is 1. The summed E-state index contributed by atoms with van der Waals surface area (Å²) in [5, 5.41) is 8.23. The monoisotopic (exact) mass is 442 g/mol. The predicted octanol–water partition coefficient (Wildman–Crippen LogP) is 5.44. The number of aromatic amines is 2. The highest BCUT2D eigenvalue weighted by atomic mass is 32.1. The molecule has 0 atom stereocenters. The van der Waals surface area contributed by atoms with Gasteiger partial charge in [-0.2, -0.15) is 9.49 Å². The fraction of sp³-hybridized carbons (Fsp3) is 0.0435. The van der Waals surface area contributed by atoms with E-state index in [1.165, 1.54) is 6.07 Å². The van der Waals surface area contributed by atoms with Gasteiger partial charge in [0.05, 0.1) is 24.3 Å². The number of hydrogen-bond acceptors (Lipinski definition) is 6. The van der Waals surface area contributed by atoms with Gasteiger partial charge in [0.25, 0.3) is 0 Å². The molecule has 32 heavy (non-hydrogen) atoms. The van der Waals surface area contributed by atoms with Crippen molar-refractivity contribution < 1.29 is 9.13 Å². The average Bonchev–Trinajstić information content (AvgIpc) is 3.55. The Bertz CT molecular complexity index is 1600. The number of thiophene rings is 1. The molecule has 1 aromatic carbocycles. The molecule has 7 nitrogen and oxygen atoms in total. The zero-order valence-electron chi connectivity index (χ0n) is 16.8. The molecule has 5 aromatic heterocycles. The van der Waals surface area contributed by atoms with E-state index >= 15 is 0 Å². The maximum atomic E-state index is 13.6. The number of methoxy groups -OCH3 is 1. The van der Waals surface area contributed by atoms with E-state index in [0.29, 0.717) is 22.9 Å². The van der Waals surface area contributed by atoms with Gasteiger partial charge in [-0.05, 0) is 42.0 Å². The number of imidazole rings is 1. The fourth-order valence-electron chi connectivity index (χ4n) is 3.75. The number of hydrogen-bond donors (Lipinski definition) is 2. The first-order valence-electron chi connectivity index (χ1n) is 9.78. The molecule has 0 radical (unpaired) electrons. The summed E-state index contributed by atoms with van der Waals surface area (Å²) in [6, 6.07) is 13.0. The van der Waals surface area contributed by atoms with Crippen LogP contribution in [0.25, 0.3) is 55.2 Å². The predicted molar refractivity (Wildman–Crippen MR) is 122 cm³/mol. The second-order valence-corrected chi connectivity index (χ2v) is 8.23. The van der Waals surface area contributed by atoms with Crippen molar-refractivity contribution in [3.05, 3.63) is 66.2 Å². The highest BCUT2D eigenvalue weighted by Gasteiger charge is 2.17. The second-order valence-electron chi connectivity index (χ2n) is 7.19. The number of ether oxygens (including phenoxy) is 1. The van der Waals surface area contributed by atoms with E-state index in [-0.39, 0.29) is 5.13 Å². The van der Waals surface area contributed by atoms with Crippen molar-refractivity contribution in [3.63, 3.8) is 0 Å². The molecule has 0 bridgehead atoms. The molecular weight excluding hydrogens is 427 g/mol. The van der Waals surface area contributed by atoms with Gasteiger partial charge < -0.3 is 9.72 Å². The van der Waals surface area contributed by atoms with Crippen molar-refractivity contribution in [2.75, 3.05) is 7.11 Å². The summed E-state index contributed by atoms with van der Waals surface area (Å²) in [6.45, 7) is 0. The molecule has 0 aliphatic carbocycles. The minimum Gasteiger partial charge on any atom is -0.495 e. The second kappa shape index (κ2) is 7.24. The summed E-state index contributed by atoms with van der Waals surface area (Å²) in [7, 11) is 1.62. The van der Waals surface area contributed by atoms with Gasteiger partial charge in [0.1, 0.15) is 11.4 Å². The van der Waals surface area contributed by atoms with Crippen LogP contribution in [0.1, 0.15) is 0 Å². The molecule has 0 amide bonds. The van der Waals surface area contributed by atoms with E-state index in [4.69, 9.17) is 4.74 Å². The van der Waals surface area contributed by atoms with Gasteiger partial charge >= 0.3 is 0 Å². The Morgan fingerprint density at radius 1 is 1.03 bits per heavy atom. The Balaban J connectivity index is 1.49. The van der Waals surface area contributed by atoms with Gasteiger partial charge in [-0.25, -0.2) is 9.97 Å². The lowest BCUT2D eigenvalue weighted by molar-refractivity contribution is 0.413. The maximum absolute atomic E-state index is 13.6. The summed E-state index contributed by atoms with van der Waals surface area (Å²) in [5.74, 6) is 1.28. The van der Waals surface area contributed by atoms with Crippen LogP contribution in [0, 0.1) is 5.13 Å². The van der Waals surface area contributed by atoms with E-state index in [0.717, 1.165) is 49.3 Å². The van der Waals surface area contributed by atoms with E-state index in [1.54, 1.807) is 31.8 Å². The van der Waals surface area contributed by atoms with Crippen LogP contribution in [0.4, 0.5) is 4.39 Å². The van der Waals surface area contributed by atoms with E-state index in [2.05, 4.69) is 30.1 Å². The highest BCUT2D eigenvalue weighted by Crippen LogP contribution is 2.34. The summed E-state index contributed by atoms with van der Waals surface area (Å²) < 4.78 is 18.9. The Morgan fingerprint density at radius 3 is 2.81 bits per heavy atom. The zero-order valence-corrected chi connectivity index (χ0v) is 17.6. The van der Waals surface area contributed by atoms with Crippen molar-refractivity contribution in [1.82, 2.24) is 30.1 Å². The fourth-order valence-corrected chi connectivity index (χ4v) is 4.51. The van der Waals surface area contributed by atoms with E-state index in [9.17, 15) is 4.39 Å². The highest BCUT2D eigenvalue weighted by molar-refractivity contribution is 7.14. The van der Waals surface area contributed by atoms with Gasteiger partial charge in [0, 0.05) is 33.8 Å². The molecule has 0 unspecified atom stereocenters. The molecular formula is C23H15FN6OS. The number of nitrogens with one attached hydrogen (secondary N) is 2. The van der Waals surface area contributed by atoms with Crippen LogP contribution < -0.4 is 4.74 Å². The maximum Gasteiger partial charge on any atom is 0.178 e. The van der Waals surface area contributed by atoms with Crippen LogP contribution >= 0.6 is 11.3 Å². The SMILES string of the molecule is COc1cncc(-c2ccc3[nH]nc(-c4nc5nccc(-c6ccc(F)s6)c5[nH]4)c3c2)c1. The van der Waals surface area contributed by atoms with Crippen molar-refractivity contribution in [2.45, 2.75) is 0 Å². The van der Waals surface area contributed by atoms with Gasteiger partial charge in [0.15, 0.2) is 16.6 Å². The number of aromatic nitrogens is 6. The number of fused-ring (bicyclic) bond motifs is 2. The summed E-state index contributed by atoms with van der Waals surface area (Å²) in [4.78, 5) is 17.4. The number of halogens is 1. The van der Waals surface area contributed by atoms with Crippen LogP contribution in [-0.2, 0) is 0 Å². The largest absolute Gasteiger partial charge is 0.495 e. The number of pyridine rings is 2. The van der Waals surface area contributed by atoms with E-state index < -0.39 is 0 Å². The lowest BCUT2D eigenvalue weighted by atomic mass is 10.0. The topological polar surface area (TPSA) is 92.4 Å². The third-order valence-corrected chi connectivity index (χ3v) is 6.21. The molecule has 156 valence electrons. The molecule has 2 N–H and O–H groups in total. The lowest BCUT2D eigenvalue weighted by Gasteiger charge is -2.04. The van der Waals surface area contributed by atoms with Gasteiger partial charge in [-0.15, -0.1) is 11.3 Å². The smallest absolute Gasteiger partial charge is 0.178 e. The molecule has 0 spiro atoms. The zero-order chi connectivity index (χ0) is 21.7. The molecule has 0 fully saturated rings. The quantitative estimate of drug-likeness (QED) is 0.379. The van der Waals surface area contributed by atoms with Crippen molar-refractivity contribution in [2.24, 2.45) is 0 Å². The van der Waals surface area contributed by atoms with Gasteiger partial charge in [-0.3, -0.25) is 10.1 Å². The standard InChI is InChI=1S/C23H15FN6OS/c1-31-14-8-13(10-25-11-14)12-2-3-17-16(9-12)21(30-29-17)23-27-20-15(6-7-26-22(20)28-23)18-4-5-19(24)32-18/h2-11H,1H3,(H,29,30)(H,26,27,28). The average molecular weight is 442 g/mol. The van der Waals surface area contributed by atoms with Gasteiger partial charge in [-0.1, -0.05) is 6.07 Å². The normalized spacial score (nSPS) is 11.4. The molecule has 9 heteroatoms. The first-order valence-corrected chi connectivity index (χ1v) is 10.6. The van der Waals surface area contributed by atoms with Crippen molar-refractivity contribution in [3.8, 4) is 38.8 Å². The Labute approximate surface area is 185 Å². The van der Waals surface area contributed by atoms with Crippen LogP contribution in [-0.4, -0.2) is 37.2 Å². The molecule has 0 aliphatic rings. The third-order valence-electron chi connectivity index (χ3n) is 5.30. The van der Waals surface area contributed by atoms with Crippen LogP contribution in [0.15, 0.2) is 61.1 Å². The Kier molecular flexibility index (Phi) is 4.22.